The van der Waals surface area contributed by atoms with E-state index in [1.54, 1.807) is 35.3 Å². The lowest BCUT2D eigenvalue weighted by Gasteiger charge is -2.31. The topological polar surface area (TPSA) is 140 Å². The molecular formula is C27H34N4O7S. The highest BCUT2D eigenvalue weighted by Gasteiger charge is 2.30. The number of non-ortho nitro benzene ring substituents is 1. The Morgan fingerprint density at radius 2 is 1.97 bits per heavy atom. The molecule has 0 unspecified atom stereocenters. The van der Waals surface area contributed by atoms with Crippen molar-refractivity contribution in [3.63, 3.8) is 0 Å². The fourth-order valence-corrected chi connectivity index (χ4v) is 5.98. The monoisotopic (exact) mass is 558 g/mol. The van der Waals surface area contributed by atoms with Crippen LogP contribution < -0.4 is 10.6 Å². The Kier molecular flexibility index (Phi) is 10.0. The van der Waals surface area contributed by atoms with Gasteiger partial charge in [-0.05, 0) is 56.5 Å². The number of nitrogens with one attached hydrogen (secondary N) is 2. The van der Waals surface area contributed by atoms with Crippen LogP contribution in [-0.2, 0) is 49.7 Å². The van der Waals surface area contributed by atoms with E-state index in [1.165, 1.54) is 12.1 Å². The van der Waals surface area contributed by atoms with E-state index < -0.39 is 11.0 Å². The quantitative estimate of drug-likeness (QED) is 0.243. The lowest BCUT2D eigenvalue weighted by Crippen LogP contribution is -2.51. The van der Waals surface area contributed by atoms with Crippen molar-refractivity contribution in [3.8, 4) is 0 Å². The summed E-state index contributed by atoms with van der Waals surface area (Å²) in [6.07, 6.45) is 2.71. The zero-order chi connectivity index (χ0) is 27.8. The van der Waals surface area contributed by atoms with Crippen LogP contribution in [0, 0.1) is 10.1 Å². The summed E-state index contributed by atoms with van der Waals surface area (Å²) in [5.74, 6) is -0.882. The Bertz CT molecular complexity index is 1180. The molecule has 39 heavy (non-hydrogen) atoms. The molecule has 2 amide bonds. The lowest BCUT2D eigenvalue weighted by molar-refractivity contribution is -0.384. The highest BCUT2D eigenvalue weighted by Crippen LogP contribution is 2.29. The molecule has 0 saturated carbocycles. The number of nitro groups is 1. The van der Waals surface area contributed by atoms with Gasteiger partial charge in [-0.1, -0.05) is 12.1 Å². The molecule has 1 saturated heterocycles. The summed E-state index contributed by atoms with van der Waals surface area (Å²) in [4.78, 5) is 52.7. The van der Waals surface area contributed by atoms with Crippen LogP contribution in [0.1, 0.15) is 40.6 Å². The molecule has 0 radical (unpaired) electrons. The van der Waals surface area contributed by atoms with Crippen molar-refractivity contribution in [1.82, 2.24) is 15.5 Å². The van der Waals surface area contributed by atoms with Gasteiger partial charge in [-0.3, -0.25) is 24.5 Å². The van der Waals surface area contributed by atoms with Crippen LogP contribution >= 0.6 is 11.3 Å². The summed E-state index contributed by atoms with van der Waals surface area (Å²) < 4.78 is 10.8. The third-order valence-electron chi connectivity index (χ3n) is 6.81. The number of esters is 1. The second-order valence-electron chi connectivity index (χ2n) is 9.66. The molecule has 2 aliphatic rings. The van der Waals surface area contributed by atoms with Gasteiger partial charge in [0.1, 0.15) is 12.6 Å². The van der Waals surface area contributed by atoms with E-state index in [-0.39, 0.29) is 49.0 Å². The number of ether oxygens (including phenoxy) is 2. The number of rotatable bonds is 11. The van der Waals surface area contributed by atoms with Crippen molar-refractivity contribution in [2.24, 2.45) is 0 Å². The Morgan fingerprint density at radius 1 is 1.23 bits per heavy atom. The molecular weight excluding hydrogens is 524 g/mol. The van der Waals surface area contributed by atoms with Crippen LogP contribution in [0.5, 0.6) is 0 Å². The first kappa shape index (κ1) is 28.7. The van der Waals surface area contributed by atoms with E-state index in [0.29, 0.717) is 31.7 Å². The number of thiophene rings is 1. The summed E-state index contributed by atoms with van der Waals surface area (Å²) in [7, 11) is 0. The summed E-state index contributed by atoms with van der Waals surface area (Å²) >= 11 is 1.56. The Labute approximate surface area is 231 Å². The third kappa shape index (κ3) is 8.07. The predicted molar refractivity (Wildman–Crippen MR) is 144 cm³/mol. The van der Waals surface area contributed by atoms with Gasteiger partial charge < -0.3 is 25.0 Å². The van der Waals surface area contributed by atoms with Gasteiger partial charge in [0, 0.05) is 41.4 Å². The van der Waals surface area contributed by atoms with Gasteiger partial charge in [0.2, 0.25) is 11.8 Å². The fourth-order valence-electron chi connectivity index (χ4n) is 4.83. The minimum atomic E-state index is -0.852. The van der Waals surface area contributed by atoms with Crippen LogP contribution in [-0.4, -0.2) is 72.6 Å². The largest absolute Gasteiger partial charge is 0.466 e. The van der Waals surface area contributed by atoms with E-state index in [0.717, 1.165) is 41.2 Å². The van der Waals surface area contributed by atoms with Crippen molar-refractivity contribution < 1.29 is 28.8 Å². The lowest BCUT2D eigenvalue weighted by atomic mass is 10.0. The average molecular weight is 559 g/mol. The fraction of sp³-hybridized carbons (Fsp3) is 0.519. The van der Waals surface area contributed by atoms with E-state index >= 15 is 0 Å². The van der Waals surface area contributed by atoms with Crippen molar-refractivity contribution in [1.29, 1.82) is 0 Å². The van der Waals surface area contributed by atoms with Gasteiger partial charge in [-0.15, -0.1) is 11.3 Å². The maximum absolute atomic E-state index is 13.7. The Morgan fingerprint density at radius 3 is 2.67 bits per heavy atom. The molecule has 4 rings (SSSR count). The normalized spacial score (nSPS) is 16.3. The summed E-state index contributed by atoms with van der Waals surface area (Å²) in [5, 5.41) is 17.1. The van der Waals surface area contributed by atoms with Crippen LogP contribution in [0.4, 0.5) is 5.69 Å². The van der Waals surface area contributed by atoms with Crippen molar-refractivity contribution in [3.05, 3.63) is 61.3 Å². The molecule has 1 aromatic heterocycles. The van der Waals surface area contributed by atoms with E-state index in [4.69, 9.17) is 9.47 Å². The first-order valence-electron chi connectivity index (χ1n) is 13.2. The smallest absolute Gasteiger partial charge is 0.311 e. The highest BCUT2D eigenvalue weighted by atomic mass is 32.1. The maximum atomic E-state index is 13.7. The van der Waals surface area contributed by atoms with Crippen LogP contribution in [0.3, 0.4) is 0 Å². The molecule has 2 aromatic rings. The number of piperidine rings is 1. The molecule has 1 atom stereocenters. The second-order valence-corrected chi connectivity index (χ2v) is 10.9. The number of nitro benzene ring substituents is 1. The molecule has 2 aliphatic heterocycles. The summed E-state index contributed by atoms with van der Waals surface area (Å²) in [6.45, 7) is 4.52. The predicted octanol–water partition coefficient (Wildman–Crippen LogP) is 2.14. The van der Waals surface area contributed by atoms with Crippen LogP contribution in [0.15, 0.2) is 30.3 Å². The minimum absolute atomic E-state index is 0.00346. The number of hydrogen-bond acceptors (Lipinski definition) is 9. The molecule has 0 spiro atoms. The number of hydrogen-bond donors (Lipinski definition) is 2. The summed E-state index contributed by atoms with van der Waals surface area (Å²) in [6, 6.07) is 7.09. The van der Waals surface area contributed by atoms with Crippen molar-refractivity contribution >= 4 is 34.8 Å². The number of benzene rings is 1. The molecule has 2 N–H and O–H groups in total. The molecule has 210 valence electrons. The van der Waals surface area contributed by atoms with Crippen molar-refractivity contribution in [2.45, 2.75) is 57.7 Å². The first-order valence-corrected chi connectivity index (χ1v) is 14.0. The van der Waals surface area contributed by atoms with Gasteiger partial charge in [0.15, 0.2) is 0 Å². The first-order chi connectivity index (χ1) is 18.8. The van der Waals surface area contributed by atoms with Gasteiger partial charge in [0.25, 0.3) is 5.69 Å². The van der Waals surface area contributed by atoms with Gasteiger partial charge in [0.05, 0.1) is 24.1 Å². The van der Waals surface area contributed by atoms with Gasteiger partial charge in [-0.25, -0.2) is 0 Å². The zero-order valence-corrected chi connectivity index (χ0v) is 22.8. The molecule has 0 bridgehead atoms. The summed E-state index contributed by atoms with van der Waals surface area (Å²) in [5.41, 5.74) is 1.65. The van der Waals surface area contributed by atoms with Gasteiger partial charge >= 0.3 is 5.97 Å². The van der Waals surface area contributed by atoms with E-state index in [1.807, 2.05) is 6.07 Å². The molecule has 0 aliphatic carbocycles. The Hall–Kier alpha value is -3.35. The van der Waals surface area contributed by atoms with Crippen LogP contribution in [0.25, 0.3) is 0 Å². The number of carbonyl (C=O) groups is 3. The van der Waals surface area contributed by atoms with Gasteiger partial charge in [-0.2, -0.15) is 0 Å². The SMILES string of the molecule is CCOC(=O)Cc1cc2c(s1)CCN(C(=O)[C@H](Cc1ccc([N+](=O)[O-])cc1)NC(=O)COC1CCNCC1)C2. The molecule has 3 heterocycles. The number of nitrogens with zero attached hydrogens (tertiary/aromatic N) is 2. The van der Waals surface area contributed by atoms with E-state index in [2.05, 4.69) is 10.6 Å². The number of amides is 2. The maximum Gasteiger partial charge on any atom is 0.311 e. The van der Waals surface area contributed by atoms with Crippen molar-refractivity contribution in [2.75, 3.05) is 32.8 Å². The van der Waals surface area contributed by atoms with E-state index in [9.17, 15) is 24.5 Å². The highest BCUT2D eigenvalue weighted by molar-refractivity contribution is 7.12. The Balaban J connectivity index is 1.43. The zero-order valence-electron chi connectivity index (χ0n) is 22.0. The van der Waals surface area contributed by atoms with Crippen LogP contribution in [0.2, 0.25) is 0 Å². The standard InChI is InChI=1S/C27H34N4O7S/c1-2-37-26(33)15-22-14-19-16-30(12-9-24(19)39-22)27(34)23(13-18-3-5-20(6-4-18)31(35)36)29-25(32)17-38-21-7-10-28-11-8-21/h3-6,14,21,23,28H,2,7-13,15-17H2,1H3,(H,29,32)/t23-/m0/s1. The molecule has 1 aromatic carbocycles. The second kappa shape index (κ2) is 13.6. The molecule has 1 fully saturated rings. The average Bonchev–Trinajstić information content (AvgIpc) is 3.33. The molecule has 12 heteroatoms. The number of fused-ring (bicyclic) bond motifs is 1. The number of carbonyl (C=O) groups excluding carboxylic acids is 3. The molecule has 11 nitrogen and oxygen atoms in total. The minimum Gasteiger partial charge on any atom is -0.466 e. The third-order valence-corrected chi connectivity index (χ3v) is 8.05.